The second-order valence-corrected chi connectivity index (χ2v) is 7.19. The number of hydrogen-bond donors (Lipinski definition) is 1. The zero-order valence-corrected chi connectivity index (χ0v) is 14.5. The van der Waals surface area contributed by atoms with Gasteiger partial charge in [-0.2, -0.15) is 11.8 Å². The van der Waals surface area contributed by atoms with Crippen LogP contribution in [0.4, 0.5) is 5.69 Å². The number of carbonyl (C=O) groups is 1. The van der Waals surface area contributed by atoms with Crippen molar-refractivity contribution in [3.63, 3.8) is 0 Å². The van der Waals surface area contributed by atoms with Crippen LogP contribution in [0.2, 0.25) is 5.22 Å². The number of nitrogens with one attached hydrogen (secondary N) is 1. The van der Waals surface area contributed by atoms with Crippen LogP contribution in [0.1, 0.15) is 21.7 Å². The van der Waals surface area contributed by atoms with Crippen molar-refractivity contribution in [1.29, 1.82) is 0 Å². The van der Waals surface area contributed by atoms with Crippen molar-refractivity contribution in [1.82, 2.24) is 4.90 Å². The zero-order valence-electron chi connectivity index (χ0n) is 13.0. The molecule has 3 rings (SSSR count). The van der Waals surface area contributed by atoms with Gasteiger partial charge in [0.05, 0.1) is 0 Å². The van der Waals surface area contributed by atoms with E-state index in [0.29, 0.717) is 0 Å². The van der Waals surface area contributed by atoms with Gasteiger partial charge in [0.25, 0.3) is 5.91 Å². The summed E-state index contributed by atoms with van der Waals surface area (Å²) in [6, 6.07) is 9.27. The van der Waals surface area contributed by atoms with Crippen molar-refractivity contribution in [3.05, 3.63) is 52.4 Å². The molecule has 1 amide bonds. The predicted octanol–water partition coefficient (Wildman–Crippen LogP) is 4.04. The fraction of sp³-hybridized carbons (Fsp3) is 0.353. The molecule has 1 aliphatic rings. The molecule has 0 spiro atoms. The molecule has 6 heteroatoms. The molecule has 122 valence electrons. The Morgan fingerprint density at radius 1 is 1.30 bits per heavy atom. The summed E-state index contributed by atoms with van der Waals surface area (Å²) in [6.07, 6.45) is 0. The molecule has 1 aromatic carbocycles. The van der Waals surface area contributed by atoms with Gasteiger partial charge in [0.15, 0.2) is 11.0 Å². The van der Waals surface area contributed by atoms with E-state index >= 15 is 0 Å². The Balaban J connectivity index is 1.65. The molecule has 0 atom stereocenters. The average molecular weight is 351 g/mol. The highest BCUT2D eigenvalue weighted by atomic mass is 35.5. The molecule has 1 saturated heterocycles. The Labute approximate surface area is 145 Å². The summed E-state index contributed by atoms with van der Waals surface area (Å²) in [6.45, 7) is 5.24. The summed E-state index contributed by atoms with van der Waals surface area (Å²) >= 11 is 7.71. The van der Waals surface area contributed by atoms with Gasteiger partial charge >= 0.3 is 0 Å². The lowest BCUT2D eigenvalue weighted by Crippen LogP contribution is -2.31. The third-order valence-electron chi connectivity index (χ3n) is 3.85. The molecule has 0 aliphatic carbocycles. The van der Waals surface area contributed by atoms with E-state index in [1.165, 1.54) is 17.1 Å². The van der Waals surface area contributed by atoms with E-state index in [9.17, 15) is 4.79 Å². The van der Waals surface area contributed by atoms with Crippen molar-refractivity contribution in [2.45, 2.75) is 13.5 Å². The number of aryl methyl sites for hydroxylation is 1. The number of benzene rings is 1. The second kappa shape index (κ2) is 7.43. The summed E-state index contributed by atoms with van der Waals surface area (Å²) in [7, 11) is 0. The SMILES string of the molecule is Cc1cc(CN2CCSCC2)ccc1NC(=O)c1ccc(Cl)o1. The van der Waals surface area contributed by atoms with Gasteiger partial charge in [-0.1, -0.05) is 12.1 Å². The highest BCUT2D eigenvalue weighted by molar-refractivity contribution is 7.99. The Hall–Kier alpha value is -1.43. The normalized spacial score (nSPS) is 15.6. The van der Waals surface area contributed by atoms with Crippen molar-refractivity contribution in [2.75, 3.05) is 29.9 Å². The van der Waals surface area contributed by atoms with E-state index in [1.54, 1.807) is 12.1 Å². The van der Waals surface area contributed by atoms with E-state index in [2.05, 4.69) is 22.3 Å². The van der Waals surface area contributed by atoms with Crippen LogP contribution in [-0.4, -0.2) is 35.4 Å². The standard InChI is InChI=1S/C17H19ClN2O2S/c1-12-10-13(11-20-6-8-23-9-7-20)2-3-14(12)19-17(21)15-4-5-16(18)22-15/h2-5,10H,6-9,11H2,1H3,(H,19,21). The number of thioether (sulfide) groups is 1. The van der Waals surface area contributed by atoms with Crippen LogP contribution in [0.3, 0.4) is 0 Å². The minimum Gasteiger partial charge on any atom is -0.440 e. The maximum atomic E-state index is 12.1. The van der Waals surface area contributed by atoms with Gasteiger partial charge < -0.3 is 9.73 Å². The first-order valence-electron chi connectivity index (χ1n) is 7.58. The highest BCUT2D eigenvalue weighted by Crippen LogP contribution is 2.21. The lowest BCUT2D eigenvalue weighted by atomic mass is 10.1. The summed E-state index contributed by atoms with van der Waals surface area (Å²) in [5.74, 6) is 2.34. The molecule has 23 heavy (non-hydrogen) atoms. The molecule has 2 aromatic rings. The van der Waals surface area contributed by atoms with Crippen molar-refractivity contribution < 1.29 is 9.21 Å². The third kappa shape index (κ3) is 4.31. The van der Waals surface area contributed by atoms with Gasteiger partial charge in [0.1, 0.15) is 0 Å². The Kier molecular flexibility index (Phi) is 5.30. The lowest BCUT2D eigenvalue weighted by molar-refractivity contribution is 0.0996. The molecule has 1 aromatic heterocycles. The molecule has 1 fully saturated rings. The molecular weight excluding hydrogens is 332 g/mol. The van der Waals surface area contributed by atoms with Gasteiger partial charge in [0.2, 0.25) is 0 Å². The van der Waals surface area contributed by atoms with Gasteiger partial charge in [-0.15, -0.1) is 0 Å². The van der Waals surface area contributed by atoms with E-state index < -0.39 is 0 Å². The van der Waals surface area contributed by atoms with Crippen LogP contribution in [0, 0.1) is 6.92 Å². The highest BCUT2D eigenvalue weighted by Gasteiger charge is 2.14. The van der Waals surface area contributed by atoms with Crippen molar-refractivity contribution >= 4 is 35.0 Å². The largest absolute Gasteiger partial charge is 0.440 e. The van der Waals surface area contributed by atoms with Crippen LogP contribution in [0.15, 0.2) is 34.7 Å². The molecule has 0 unspecified atom stereocenters. The Bertz CT molecular complexity index is 696. The Morgan fingerprint density at radius 3 is 2.74 bits per heavy atom. The minimum atomic E-state index is -0.291. The second-order valence-electron chi connectivity index (χ2n) is 5.60. The van der Waals surface area contributed by atoms with Crippen LogP contribution in [0.5, 0.6) is 0 Å². The van der Waals surface area contributed by atoms with Crippen LogP contribution < -0.4 is 5.32 Å². The summed E-state index contributed by atoms with van der Waals surface area (Å²) in [4.78, 5) is 14.6. The zero-order chi connectivity index (χ0) is 16.2. The number of furan rings is 1. The van der Waals surface area contributed by atoms with Gasteiger partial charge in [0, 0.05) is 36.8 Å². The average Bonchev–Trinajstić information content (AvgIpc) is 2.98. The number of amides is 1. The predicted molar refractivity (Wildman–Crippen MR) is 95.5 cm³/mol. The van der Waals surface area contributed by atoms with Crippen molar-refractivity contribution in [2.24, 2.45) is 0 Å². The first-order chi connectivity index (χ1) is 11.1. The minimum absolute atomic E-state index is 0.210. The Morgan fingerprint density at radius 2 is 2.09 bits per heavy atom. The van der Waals surface area contributed by atoms with Crippen LogP contribution in [0.25, 0.3) is 0 Å². The smallest absolute Gasteiger partial charge is 0.291 e. The van der Waals surface area contributed by atoms with Gasteiger partial charge in [-0.25, -0.2) is 0 Å². The maximum absolute atomic E-state index is 12.1. The van der Waals surface area contributed by atoms with E-state index in [-0.39, 0.29) is 16.9 Å². The lowest BCUT2D eigenvalue weighted by Gasteiger charge is -2.26. The molecule has 0 saturated carbocycles. The summed E-state index contributed by atoms with van der Waals surface area (Å²) in [5.41, 5.74) is 3.11. The van der Waals surface area contributed by atoms with Crippen LogP contribution in [-0.2, 0) is 6.54 Å². The number of carbonyl (C=O) groups excluding carboxylic acids is 1. The first-order valence-corrected chi connectivity index (χ1v) is 9.11. The number of rotatable bonds is 4. The van der Waals surface area contributed by atoms with Crippen molar-refractivity contribution in [3.8, 4) is 0 Å². The number of halogens is 1. The van der Waals surface area contributed by atoms with E-state index in [4.69, 9.17) is 16.0 Å². The first kappa shape index (κ1) is 16.4. The topological polar surface area (TPSA) is 45.5 Å². The van der Waals surface area contributed by atoms with Gasteiger partial charge in [-0.3, -0.25) is 9.69 Å². The molecule has 0 bridgehead atoms. The quantitative estimate of drug-likeness (QED) is 0.903. The maximum Gasteiger partial charge on any atom is 0.291 e. The van der Waals surface area contributed by atoms with Crippen LogP contribution >= 0.6 is 23.4 Å². The summed E-state index contributed by atoms with van der Waals surface area (Å²) < 4.78 is 5.13. The monoisotopic (exact) mass is 350 g/mol. The molecule has 4 nitrogen and oxygen atoms in total. The number of nitrogens with zero attached hydrogens (tertiary/aromatic N) is 1. The number of hydrogen-bond acceptors (Lipinski definition) is 4. The molecular formula is C17H19ClN2O2S. The molecule has 2 heterocycles. The van der Waals surface area contributed by atoms with Gasteiger partial charge in [-0.05, 0) is 47.9 Å². The molecule has 1 N–H and O–H groups in total. The molecule has 0 radical (unpaired) electrons. The molecule has 1 aliphatic heterocycles. The summed E-state index contributed by atoms with van der Waals surface area (Å²) in [5, 5.41) is 3.07. The van der Waals surface area contributed by atoms with E-state index in [1.807, 2.05) is 24.8 Å². The third-order valence-corrected chi connectivity index (χ3v) is 4.99. The fourth-order valence-corrected chi connectivity index (χ4v) is 3.73. The fourth-order valence-electron chi connectivity index (χ4n) is 2.60. The van der Waals surface area contributed by atoms with E-state index in [0.717, 1.165) is 30.9 Å². The number of anilines is 1.